The maximum absolute atomic E-state index is 12.2. The Morgan fingerprint density at radius 3 is 2.62 bits per heavy atom. The zero-order valence-electron chi connectivity index (χ0n) is 13.9. The lowest BCUT2D eigenvalue weighted by molar-refractivity contribution is -0.137. The first-order chi connectivity index (χ1) is 11.6. The average molecular weight is 329 g/mol. The number of nitrogens with one attached hydrogen (secondary N) is 1. The van der Waals surface area contributed by atoms with E-state index < -0.39 is 5.97 Å². The van der Waals surface area contributed by atoms with E-state index in [0.29, 0.717) is 25.1 Å². The van der Waals surface area contributed by atoms with Gasteiger partial charge in [0.25, 0.3) is 5.91 Å². The van der Waals surface area contributed by atoms with E-state index in [1.54, 1.807) is 6.20 Å². The van der Waals surface area contributed by atoms with Crippen molar-refractivity contribution in [2.45, 2.75) is 39.2 Å². The highest BCUT2D eigenvalue weighted by Gasteiger charge is 2.13. The van der Waals surface area contributed by atoms with E-state index in [1.807, 2.05) is 41.9 Å². The molecule has 0 saturated heterocycles. The van der Waals surface area contributed by atoms with Gasteiger partial charge in [0.05, 0.1) is 18.3 Å². The van der Waals surface area contributed by atoms with Crippen LogP contribution in [0.25, 0.3) is 0 Å². The summed E-state index contributed by atoms with van der Waals surface area (Å²) in [4.78, 5) is 22.6. The highest BCUT2D eigenvalue weighted by Crippen LogP contribution is 2.10. The van der Waals surface area contributed by atoms with Gasteiger partial charge in [0, 0.05) is 18.7 Å². The molecule has 0 atom stereocenters. The molecule has 0 fully saturated rings. The number of carboxylic acid groups (broad SMARTS) is 1. The van der Waals surface area contributed by atoms with Crippen LogP contribution in [0.3, 0.4) is 0 Å². The zero-order chi connectivity index (χ0) is 17.4. The van der Waals surface area contributed by atoms with Crippen molar-refractivity contribution < 1.29 is 14.7 Å². The largest absolute Gasteiger partial charge is 0.481 e. The highest BCUT2D eigenvalue weighted by molar-refractivity contribution is 5.95. The fraction of sp³-hybridized carbons (Fsp3) is 0.389. The van der Waals surface area contributed by atoms with Gasteiger partial charge in [-0.05, 0) is 25.3 Å². The van der Waals surface area contributed by atoms with Crippen molar-refractivity contribution in [3.8, 4) is 0 Å². The van der Waals surface area contributed by atoms with E-state index >= 15 is 0 Å². The molecule has 0 saturated carbocycles. The van der Waals surface area contributed by atoms with Gasteiger partial charge in [-0.3, -0.25) is 14.3 Å². The SMILES string of the molecule is Cc1c(C(=O)NCCCCCC(=O)O)cnn1Cc1ccccc1. The number of carboxylic acids is 1. The molecule has 0 aliphatic rings. The molecule has 6 heteroatoms. The van der Waals surface area contributed by atoms with Crippen LogP contribution < -0.4 is 5.32 Å². The summed E-state index contributed by atoms with van der Waals surface area (Å²) in [5.41, 5.74) is 2.55. The average Bonchev–Trinajstić information content (AvgIpc) is 2.92. The van der Waals surface area contributed by atoms with Crippen LogP contribution in [0.4, 0.5) is 0 Å². The lowest BCUT2D eigenvalue weighted by Crippen LogP contribution is -2.25. The Hall–Kier alpha value is -2.63. The van der Waals surface area contributed by atoms with E-state index in [0.717, 1.165) is 24.1 Å². The molecular weight excluding hydrogens is 306 g/mol. The van der Waals surface area contributed by atoms with Gasteiger partial charge in [-0.1, -0.05) is 36.8 Å². The summed E-state index contributed by atoms with van der Waals surface area (Å²) in [7, 11) is 0. The Balaban J connectivity index is 1.81. The molecule has 1 heterocycles. The highest BCUT2D eigenvalue weighted by atomic mass is 16.4. The van der Waals surface area contributed by atoms with E-state index in [9.17, 15) is 9.59 Å². The second kappa shape index (κ2) is 8.86. The summed E-state index contributed by atoms with van der Waals surface area (Å²) in [6.45, 7) is 3.06. The molecule has 1 aromatic heterocycles. The zero-order valence-corrected chi connectivity index (χ0v) is 13.9. The number of carbonyl (C=O) groups is 2. The third-order valence-electron chi connectivity index (χ3n) is 3.88. The van der Waals surface area contributed by atoms with Gasteiger partial charge >= 0.3 is 5.97 Å². The van der Waals surface area contributed by atoms with E-state index in [-0.39, 0.29) is 12.3 Å². The Bertz CT molecular complexity index is 680. The molecule has 0 radical (unpaired) electrons. The maximum Gasteiger partial charge on any atom is 0.303 e. The molecule has 2 rings (SSSR count). The summed E-state index contributed by atoms with van der Waals surface area (Å²) >= 11 is 0. The second-order valence-electron chi connectivity index (χ2n) is 5.75. The van der Waals surface area contributed by atoms with Crippen molar-refractivity contribution in [2.24, 2.45) is 0 Å². The quantitative estimate of drug-likeness (QED) is 0.693. The number of unbranched alkanes of at least 4 members (excludes halogenated alkanes) is 2. The minimum absolute atomic E-state index is 0.134. The van der Waals surface area contributed by atoms with Crippen LogP contribution in [0.1, 0.15) is 47.3 Å². The number of carbonyl (C=O) groups excluding carboxylic acids is 1. The summed E-state index contributed by atoms with van der Waals surface area (Å²) in [6, 6.07) is 9.98. The first-order valence-corrected chi connectivity index (χ1v) is 8.14. The van der Waals surface area contributed by atoms with Crippen molar-refractivity contribution >= 4 is 11.9 Å². The molecular formula is C18H23N3O3. The van der Waals surface area contributed by atoms with Gasteiger partial charge < -0.3 is 10.4 Å². The number of benzene rings is 1. The van der Waals surface area contributed by atoms with Crippen LogP contribution in [-0.4, -0.2) is 33.3 Å². The number of amides is 1. The van der Waals surface area contributed by atoms with Gasteiger partial charge in [-0.15, -0.1) is 0 Å². The van der Waals surface area contributed by atoms with Crippen LogP contribution in [-0.2, 0) is 11.3 Å². The standard InChI is InChI=1S/C18H23N3O3/c1-14-16(18(24)19-11-7-3-6-10-17(22)23)12-20-21(14)13-15-8-4-2-5-9-15/h2,4-5,8-9,12H,3,6-7,10-11,13H2,1H3,(H,19,24)(H,22,23). The molecule has 6 nitrogen and oxygen atoms in total. The van der Waals surface area contributed by atoms with Crippen molar-refractivity contribution in [1.82, 2.24) is 15.1 Å². The Morgan fingerprint density at radius 1 is 1.17 bits per heavy atom. The third kappa shape index (κ3) is 5.22. The molecule has 128 valence electrons. The number of hydrogen-bond donors (Lipinski definition) is 2. The number of aromatic nitrogens is 2. The topological polar surface area (TPSA) is 84.2 Å². The molecule has 2 N–H and O–H groups in total. The fourth-order valence-electron chi connectivity index (χ4n) is 2.46. The van der Waals surface area contributed by atoms with Crippen LogP contribution >= 0.6 is 0 Å². The lowest BCUT2D eigenvalue weighted by atomic mass is 10.2. The minimum Gasteiger partial charge on any atom is -0.481 e. The van der Waals surface area contributed by atoms with Crippen LogP contribution in [0.5, 0.6) is 0 Å². The van der Waals surface area contributed by atoms with Crippen molar-refractivity contribution in [2.75, 3.05) is 6.54 Å². The number of rotatable bonds is 9. The normalized spacial score (nSPS) is 10.5. The van der Waals surface area contributed by atoms with Gasteiger partial charge in [0.1, 0.15) is 0 Å². The van der Waals surface area contributed by atoms with Crippen molar-refractivity contribution in [3.63, 3.8) is 0 Å². The van der Waals surface area contributed by atoms with Gasteiger partial charge in [0.15, 0.2) is 0 Å². The predicted octanol–water partition coefficient (Wildman–Crippen LogP) is 2.61. The fourth-order valence-corrected chi connectivity index (χ4v) is 2.46. The van der Waals surface area contributed by atoms with Crippen LogP contribution in [0, 0.1) is 6.92 Å². The maximum atomic E-state index is 12.2. The molecule has 1 amide bonds. The molecule has 24 heavy (non-hydrogen) atoms. The van der Waals surface area contributed by atoms with E-state index in [4.69, 9.17) is 5.11 Å². The van der Waals surface area contributed by atoms with Gasteiger partial charge in [0.2, 0.25) is 0 Å². The Morgan fingerprint density at radius 2 is 1.92 bits per heavy atom. The summed E-state index contributed by atoms with van der Waals surface area (Å²) in [6.07, 6.45) is 3.98. The predicted molar refractivity (Wildman–Crippen MR) is 90.9 cm³/mol. The second-order valence-corrected chi connectivity index (χ2v) is 5.75. The first kappa shape index (κ1) is 17.7. The Kier molecular flexibility index (Phi) is 6.54. The van der Waals surface area contributed by atoms with Crippen LogP contribution in [0.2, 0.25) is 0 Å². The van der Waals surface area contributed by atoms with E-state index in [1.165, 1.54) is 0 Å². The first-order valence-electron chi connectivity index (χ1n) is 8.14. The summed E-state index contributed by atoms with van der Waals surface area (Å²) < 4.78 is 1.82. The molecule has 0 spiro atoms. The third-order valence-corrected chi connectivity index (χ3v) is 3.88. The molecule has 1 aromatic carbocycles. The smallest absolute Gasteiger partial charge is 0.303 e. The van der Waals surface area contributed by atoms with Crippen LogP contribution in [0.15, 0.2) is 36.5 Å². The minimum atomic E-state index is -0.777. The molecule has 0 bridgehead atoms. The summed E-state index contributed by atoms with van der Waals surface area (Å²) in [5.74, 6) is -0.912. The number of hydrogen-bond acceptors (Lipinski definition) is 3. The summed E-state index contributed by atoms with van der Waals surface area (Å²) in [5, 5.41) is 15.7. The van der Waals surface area contributed by atoms with Crippen molar-refractivity contribution in [1.29, 1.82) is 0 Å². The molecule has 0 aliphatic heterocycles. The number of nitrogens with zero attached hydrogens (tertiary/aromatic N) is 2. The van der Waals surface area contributed by atoms with Crippen molar-refractivity contribution in [3.05, 3.63) is 53.3 Å². The van der Waals surface area contributed by atoms with Gasteiger partial charge in [-0.25, -0.2) is 0 Å². The monoisotopic (exact) mass is 329 g/mol. The van der Waals surface area contributed by atoms with Gasteiger partial charge in [-0.2, -0.15) is 5.10 Å². The molecule has 2 aromatic rings. The number of aliphatic carboxylic acids is 1. The Labute approximate surface area is 141 Å². The molecule has 0 aliphatic carbocycles. The lowest BCUT2D eigenvalue weighted by Gasteiger charge is -2.07. The molecule has 0 unspecified atom stereocenters. The van der Waals surface area contributed by atoms with E-state index in [2.05, 4.69) is 10.4 Å².